The number of hydrogen-bond acceptors (Lipinski definition) is 4. The lowest BCUT2D eigenvalue weighted by Gasteiger charge is -2.08. The highest BCUT2D eigenvalue weighted by atomic mass is 19.4. The molecule has 0 fully saturated rings. The first-order valence-electron chi connectivity index (χ1n) is 4.96. The van der Waals surface area contributed by atoms with Gasteiger partial charge in [-0.25, -0.2) is 0 Å². The first kappa shape index (κ1) is 15.2. The molecule has 0 aromatic heterocycles. The molecule has 0 aromatic rings. The average Bonchev–Trinajstić information content (AvgIpc) is 2.15. The number of esters is 1. The first-order chi connectivity index (χ1) is 7.45. The van der Waals surface area contributed by atoms with Crippen molar-refractivity contribution in [2.24, 2.45) is 0 Å². The molecule has 0 aromatic carbocycles. The summed E-state index contributed by atoms with van der Waals surface area (Å²) < 4.78 is 43.8. The molecule has 0 saturated carbocycles. The highest BCUT2D eigenvalue weighted by Gasteiger charge is 2.27. The minimum atomic E-state index is -4.29. The normalized spacial score (nSPS) is 11.5. The Bertz CT molecular complexity index is 197. The van der Waals surface area contributed by atoms with Gasteiger partial charge >= 0.3 is 12.1 Å². The van der Waals surface area contributed by atoms with E-state index in [1.165, 1.54) is 0 Å². The summed E-state index contributed by atoms with van der Waals surface area (Å²) in [6.45, 7) is 1.39. The van der Waals surface area contributed by atoms with E-state index >= 15 is 0 Å². The molecule has 7 heteroatoms. The molecular weight excluding hydrogens is 227 g/mol. The standard InChI is InChI=1S/C9H16F3NO3/c1-2-16-8(14)3-4-13-5-6-15-7-9(10,11)12/h13H,2-7H2,1H3. The van der Waals surface area contributed by atoms with Gasteiger partial charge in [-0.05, 0) is 6.92 Å². The summed E-state index contributed by atoms with van der Waals surface area (Å²) in [6.07, 6.45) is -4.09. The number of rotatable bonds is 8. The third-order valence-corrected chi connectivity index (χ3v) is 1.50. The Hall–Kier alpha value is -0.820. The van der Waals surface area contributed by atoms with Gasteiger partial charge in [0.25, 0.3) is 0 Å². The highest BCUT2D eigenvalue weighted by Crippen LogP contribution is 2.13. The topological polar surface area (TPSA) is 47.6 Å². The van der Waals surface area contributed by atoms with Gasteiger partial charge in [0, 0.05) is 13.1 Å². The van der Waals surface area contributed by atoms with Crippen LogP contribution in [0.2, 0.25) is 0 Å². The molecule has 0 heterocycles. The minimum Gasteiger partial charge on any atom is -0.466 e. The molecule has 0 bridgehead atoms. The molecule has 16 heavy (non-hydrogen) atoms. The van der Waals surface area contributed by atoms with E-state index in [-0.39, 0.29) is 25.5 Å². The second kappa shape index (κ2) is 8.35. The Labute approximate surface area is 92.1 Å². The van der Waals surface area contributed by atoms with Crippen LogP contribution in [0, 0.1) is 0 Å². The Morgan fingerprint density at radius 2 is 2.00 bits per heavy atom. The van der Waals surface area contributed by atoms with Crippen molar-refractivity contribution >= 4 is 5.97 Å². The number of ether oxygens (including phenoxy) is 2. The zero-order valence-corrected chi connectivity index (χ0v) is 9.10. The fourth-order valence-electron chi connectivity index (χ4n) is 0.881. The van der Waals surface area contributed by atoms with Crippen LogP contribution in [0.25, 0.3) is 0 Å². The maximum absolute atomic E-state index is 11.6. The van der Waals surface area contributed by atoms with Crippen molar-refractivity contribution in [1.82, 2.24) is 5.32 Å². The van der Waals surface area contributed by atoms with Gasteiger partial charge in [0.05, 0.1) is 19.6 Å². The van der Waals surface area contributed by atoms with Crippen molar-refractivity contribution in [3.63, 3.8) is 0 Å². The lowest BCUT2D eigenvalue weighted by Crippen LogP contribution is -2.25. The monoisotopic (exact) mass is 243 g/mol. The number of carbonyl (C=O) groups excluding carboxylic acids is 1. The van der Waals surface area contributed by atoms with Gasteiger partial charge in [0.2, 0.25) is 0 Å². The maximum atomic E-state index is 11.6. The fourth-order valence-corrected chi connectivity index (χ4v) is 0.881. The zero-order valence-electron chi connectivity index (χ0n) is 9.10. The number of carbonyl (C=O) groups is 1. The second-order valence-electron chi connectivity index (χ2n) is 2.97. The van der Waals surface area contributed by atoms with Gasteiger partial charge in [-0.1, -0.05) is 0 Å². The molecule has 0 aliphatic carbocycles. The third kappa shape index (κ3) is 11.3. The van der Waals surface area contributed by atoms with E-state index in [0.717, 1.165) is 0 Å². The minimum absolute atomic E-state index is 0.0393. The zero-order chi connectivity index (χ0) is 12.4. The van der Waals surface area contributed by atoms with E-state index in [2.05, 4.69) is 14.8 Å². The lowest BCUT2D eigenvalue weighted by atomic mass is 10.4. The number of nitrogens with one attached hydrogen (secondary N) is 1. The van der Waals surface area contributed by atoms with Crippen molar-refractivity contribution in [3.05, 3.63) is 0 Å². The van der Waals surface area contributed by atoms with Gasteiger partial charge in [-0.3, -0.25) is 4.79 Å². The van der Waals surface area contributed by atoms with Crippen LogP contribution in [0.5, 0.6) is 0 Å². The van der Waals surface area contributed by atoms with Crippen molar-refractivity contribution in [1.29, 1.82) is 0 Å². The van der Waals surface area contributed by atoms with E-state index in [9.17, 15) is 18.0 Å². The summed E-state index contributed by atoms with van der Waals surface area (Å²) in [4.78, 5) is 10.8. The molecule has 0 rings (SSSR count). The molecule has 0 atom stereocenters. The predicted molar refractivity (Wildman–Crippen MR) is 51.0 cm³/mol. The van der Waals surface area contributed by atoms with Crippen LogP contribution in [0.4, 0.5) is 13.2 Å². The number of alkyl halides is 3. The summed E-state index contributed by atoms with van der Waals surface area (Å²) >= 11 is 0. The molecule has 0 aliphatic heterocycles. The Morgan fingerprint density at radius 1 is 1.31 bits per heavy atom. The summed E-state index contributed by atoms with van der Waals surface area (Å²) in [5.74, 6) is -0.328. The van der Waals surface area contributed by atoms with E-state index in [1.54, 1.807) is 6.92 Å². The van der Waals surface area contributed by atoms with Gasteiger partial charge < -0.3 is 14.8 Å². The third-order valence-electron chi connectivity index (χ3n) is 1.50. The van der Waals surface area contributed by atoms with Crippen LogP contribution < -0.4 is 5.32 Å². The van der Waals surface area contributed by atoms with Crippen molar-refractivity contribution in [3.8, 4) is 0 Å². The lowest BCUT2D eigenvalue weighted by molar-refractivity contribution is -0.173. The molecule has 0 unspecified atom stereocenters. The molecule has 0 aliphatic rings. The summed E-state index contributed by atoms with van der Waals surface area (Å²) in [5.41, 5.74) is 0. The highest BCUT2D eigenvalue weighted by molar-refractivity contribution is 5.69. The Kier molecular flexibility index (Phi) is 7.92. The molecule has 96 valence electrons. The van der Waals surface area contributed by atoms with Crippen LogP contribution in [0.15, 0.2) is 0 Å². The van der Waals surface area contributed by atoms with E-state index < -0.39 is 12.8 Å². The second-order valence-corrected chi connectivity index (χ2v) is 2.97. The molecule has 0 amide bonds. The predicted octanol–water partition coefficient (Wildman–Crippen LogP) is 1.11. The van der Waals surface area contributed by atoms with E-state index in [0.29, 0.717) is 13.2 Å². The van der Waals surface area contributed by atoms with E-state index in [4.69, 9.17) is 0 Å². The van der Waals surface area contributed by atoms with Crippen LogP contribution in [-0.2, 0) is 14.3 Å². The van der Waals surface area contributed by atoms with E-state index in [1.807, 2.05) is 0 Å². The number of hydrogen-bond donors (Lipinski definition) is 1. The van der Waals surface area contributed by atoms with Crippen LogP contribution in [0.1, 0.15) is 13.3 Å². The quantitative estimate of drug-likeness (QED) is 0.512. The largest absolute Gasteiger partial charge is 0.466 e. The van der Waals surface area contributed by atoms with Gasteiger partial charge in [-0.2, -0.15) is 13.2 Å². The summed E-state index contributed by atoms with van der Waals surface area (Å²) in [5, 5.41) is 2.77. The van der Waals surface area contributed by atoms with Gasteiger partial charge in [0.1, 0.15) is 6.61 Å². The van der Waals surface area contributed by atoms with Crippen LogP contribution in [0.3, 0.4) is 0 Å². The van der Waals surface area contributed by atoms with Crippen molar-refractivity contribution in [2.75, 3.05) is 32.9 Å². The molecule has 0 spiro atoms. The molecule has 0 saturated heterocycles. The molecule has 4 nitrogen and oxygen atoms in total. The summed E-state index contributed by atoms with van der Waals surface area (Å²) in [7, 11) is 0. The fraction of sp³-hybridized carbons (Fsp3) is 0.889. The first-order valence-corrected chi connectivity index (χ1v) is 4.96. The molecule has 0 radical (unpaired) electrons. The van der Waals surface area contributed by atoms with Gasteiger partial charge in [0.15, 0.2) is 0 Å². The Morgan fingerprint density at radius 3 is 2.56 bits per heavy atom. The SMILES string of the molecule is CCOC(=O)CCNCCOCC(F)(F)F. The van der Waals surface area contributed by atoms with Crippen LogP contribution >= 0.6 is 0 Å². The smallest absolute Gasteiger partial charge is 0.411 e. The summed E-state index contributed by atoms with van der Waals surface area (Å²) in [6, 6.07) is 0. The maximum Gasteiger partial charge on any atom is 0.411 e. The van der Waals surface area contributed by atoms with Crippen molar-refractivity contribution in [2.45, 2.75) is 19.5 Å². The Balaban J connectivity index is 3.19. The molecule has 1 N–H and O–H groups in total. The average molecular weight is 243 g/mol. The van der Waals surface area contributed by atoms with Crippen molar-refractivity contribution < 1.29 is 27.4 Å². The number of halogens is 3. The van der Waals surface area contributed by atoms with Crippen LogP contribution in [-0.4, -0.2) is 45.1 Å². The molecular formula is C9H16F3NO3. The van der Waals surface area contributed by atoms with Gasteiger partial charge in [-0.15, -0.1) is 0 Å².